The Morgan fingerprint density at radius 3 is 2.60 bits per heavy atom. The van der Waals surface area contributed by atoms with E-state index in [4.69, 9.17) is 9.97 Å². The summed E-state index contributed by atoms with van der Waals surface area (Å²) < 4.78 is 0. The van der Waals surface area contributed by atoms with Crippen LogP contribution < -0.4 is 10.6 Å². The number of nitrogens with zero attached hydrogens (tertiary/aromatic N) is 4. The maximum atomic E-state index is 5.02. The van der Waals surface area contributed by atoms with Crippen LogP contribution >= 0.6 is 11.3 Å². The lowest BCUT2D eigenvalue weighted by Gasteiger charge is -2.17. The van der Waals surface area contributed by atoms with Crippen LogP contribution in [-0.2, 0) is 19.5 Å². The highest BCUT2D eigenvalue weighted by Crippen LogP contribution is 2.38. The van der Waals surface area contributed by atoms with E-state index < -0.39 is 0 Å². The smallest absolute Gasteiger partial charge is 0.156 e. The summed E-state index contributed by atoms with van der Waals surface area (Å²) in [6, 6.07) is 17.4. The molecule has 2 aromatic carbocycles. The van der Waals surface area contributed by atoms with Gasteiger partial charge in [0.2, 0.25) is 0 Å². The summed E-state index contributed by atoms with van der Waals surface area (Å²) in [4.78, 5) is 18.4. The molecule has 0 atom stereocenters. The number of likely N-dealkylation sites (tertiary alicyclic amines) is 1. The van der Waals surface area contributed by atoms with Gasteiger partial charge in [0, 0.05) is 60.0 Å². The molecular formula is C33H34N6S. The standard InChI is InChI=1S/C33H34N6S/c1-21-25(7-5-9-27(21)33-38-29-12-13-34-19-30(29)40-33)26-8-6-10-28(22(26)2)37-32-31-24(11-14-35-32)17-23(18-36-31)20-39-15-3-4-16-39/h5-11,14,17-18,34H,3-4,12-13,15-16,19-20H2,1-2H3,(H,35,37). The first-order valence-corrected chi connectivity index (χ1v) is 15.1. The molecule has 7 heteroatoms. The van der Waals surface area contributed by atoms with Crippen molar-refractivity contribution in [1.82, 2.24) is 25.2 Å². The van der Waals surface area contributed by atoms with Crippen molar-refractivity contribution >= 4 is 33.7 Å². The van der Waals surface area contributed by atoms with Gasteiger partial charge in [0.15, 0.2) is 5.82 Å². The van der Waals surface area contributed by atoms with E-state index in [1.54, 1.807) is 0 Å². The van der Waals surface area contributed by atoms with Crippen molar-refractivity contribution in [2.45, 2.75) is 46.2 Å². The minimum atomic E-state index is 0.790. The van der Waals surface area contributed by atoms with E-state index in [0.29, 0.717) is 0 Å². The number of aromatic nitrogens is 3. The van der Waals surface area contributed by atoms with Crippen molar-refractivity contribution in [1.29, 1.82) is 0 Å². The molecule has 0 unspecified atom stereocenters. The molecule has 6 nitrogen and oxygen atoms in total. The number of benzene rings is 2. The molecule has 2 N–H and O–H groups in total. The number of hydrogen-bond acceptors (Lipinski definition) is 7. The van der Waals surface area contributed by atoms with E-state index >= 15 is 0 Å². The predicted molar refractivity (Wildman–Crippen MR) is 165 cm³/mol. The molecule has 0 bridgehead atoms. The van der Waals surface area contributed by atoms with Gasteiger partial charge in [-0.3, -0.25) is 9.88 Å². The quantitative estimate of drug-likeness (QED) is 0.239. The van der Waals surface area contributed by atoms with Crippen LogP contribution in [0.2, 0.25) is 0 Å². The Labute approximate surface area is 239 Å². The maximum Gasteiger partial charge on any atom is 0.156 e. The van der Waals surface area contributed by atoms with E-state index in [9.17, 15) is 0 Å². The number of thiazole rings is 1. The molecule has 40 heavy (non-hydrogen) atoms. The molecule has 202 valence electrons. The van der Waals surface area contributed by atoms with Gasteiger partial charge in [-0.15, -0.1) is 11.3 Å². The lowest BCUT2D eigenvalue weighted by Crippen LogP contribution is -2.22. The Balaban J connectivity index is 1.20. The third-order valence-electron chi connectivity index (χ3n) is 8.30. The van der Waals surface area contributed by atoms with Gasteiger partial charge in [0.05, 0.1) is 5.69 Å². The van der Waals surface area contributed by atoms with Crippen molar-refractivity contribution < 1.29 is 0 Å². The van der Waals surface area contributed by atoms with Crippen LogP contribution in [0.5, 0.6) is 0 Å². The molecule has 5 aromatic rings. The molecule has 7 rings (SSSR count). The van der Waals surface area contributed by atoms with Gasteiger partial charge in [-0.25, -0.2) is 9.97 Å². The summed E-state index contributed by atoms with van der Waals surface area (Å²) in [5.41, 5.74) is 10.6. The molecule has 3 aromatic heterocycles. The molecule has 1 fully saturated rings. The molecule has 0 spiro atoms. The third kappa shape index (κ3) is 4.79. The highest BCUT2D eigenvalue weighted by Gasteiger charge is 2.19. The van der Waals surface area contributed by atoms with Gasteiger partial charge in [0.1, 0.15) is 10.5 Å². The first-order chi connectivity index (χ1) is 19.6. The van der Waals surface area contributed by atoms with Crippen LogP contribution in [0.15, 0.2) is 60.9 Å². The SMILES string of the molecule is Cc1c(Nc2nccc3cc(CN4CCCC4)cnc23)cccc1-c1cccc(-c2nc3c(s2)CNCC3)c1C. The highest BCUT2D eigenvalue weighted by atomic mass is 32.1. The van der Waals surface area contributed by atoms with Crippen LogP contribution in [0.25, 0.3) is 32.6 Å². The van der Waals surface area contributed by atoms with Crippen LogP contribution in [0.1, 0.15) is 40.1 Å². The molecular weight excluding hydrogens is 512 g/mol. The minimum absolute atomic E-state index is 0.790. The average Bonchev–Trinajstić information content (AvgIpc) is 3.64. The average molecular weight is 547 g/mol. The number of hydrogen-bond donors (Lipinski definition) is 2. The summed E-state index contributed by atoms with van der Waals surface area (Å²) in [5, 5.41) is 9.33. The fourth-order valence-corrected chi connectivity index (χ4v) is 7.23. The first-order valence-electron chi connectivity index (χ1n) is 14.3. The van der Waals surface area contributed by atoms with Crippen molar-refractivity contribution in [2.75, 3.05) is 25.0 Å². The minimum Gasteiger partial charge on any atom is -0.338 e. The van der Waals surface area contributed by atoms with Gasteiger partial charge in [-0.2, -0.15) is 0 Å². The monoisotopic (exact) mass is 546 g/mol. The lowest BCUT2D eigenvalue weighted by atomic mass is 9.93. The van der Waals surface area contributed by atoms with Crippen LogP contribution in [0.4, 0.5) is 11.5 Å². The fourth-order valence-electron chi connectivity index (χ4n) is 6.07. The number of pyridine rings is 2. The normalized spacial score (nSPS) is 15.4. The van der Waals surface area contributed by atoms with Crippen LogP contribution in [-0.4, -0.2) is 39.5 Å². The van der Waals surface area contributed by atoms with Gasteiger partial charge >= 0.3 is 0 Å². The van der Waals surface area contributed by atoms with E-state index in [2.05, 4.69) is 82.9 Å². The van der Waals surface area contributed by atoms with Crippen molar-refractivity contribution in [3.05, 3.63) is 88.2 Å². The third-order valence-corrected chi connectivity index (χ3v) is 9.44. The van der Waals surface area contributed by atoms with Gasteiger partial charge in [-0.05, 0) is 85.8 Å². The summed E-state index contributed by atoms with van der Waals surface area (Å²) >= 11 is 1.82. The van der Waals surface area contributed by atoms with E-state index in [0.717, 1.165) is 53.5 Å². The Hall–Kier alpha value is -3.65. The van der Waals surface area contributed by atoms with Crippen LogP contribution in [0.3, 0.4) is 0 Å². The van der Waals surface area contributed by atoms with Crippen molar-refractivity contribution in [3.63, 3.8) is 0 Å². The molecule has 0 amide bonds. The summed E-state index contributed by atoms with van der Waals surface area (Å²) in [6.07, 6.45) is 7.49. The fraction of sp³-hybridized carbons (Fsp3) is 0.303. The second kappa shape index (κ2) is 10.7. The zero-order valence-corrected chi connectivity index (χ0v) is 23.9. The second-order valence-corrected chi connectivity index (χ2v) is 12.0. The molecule has 2 aliphatic heterocycles. The zero-order chi connectivity index (χ0) is 27.1. The van der Waals surface area contributed by atoms with Crippen LogP contribution in [0, 0.1) is 13.8 Å². The maximum absolute atomic E-state index is 5.02. The topological polar surface area (TPSA) is 66.0 Å². The molecule has 0 aliphatic carbocycles. The Morgan fingerprint density at radius 1 is 0.950 bits per heavy atom. The number of fused-ring (bicyclic) bond motifs is 2. The second-order valence-electron chi connectivity index (χ2n) is 11.0. The number of rotatable bonds is 6. The summed E-state index contributed by atoms with van der Waals surface area (Å²) in [5.74, 6) is 0.790. The van der Waals surface area contributed by atoms with Crippen molar-refractivity contribution in [2.24, 2.45) is 0 Å². The molecule has 0 saturated carbocycles. The lowest BCUT2D eigenvalue weighted by molar-refractivity contribution is 0.331. The van der Waals surface area contributed by atoms with Gasteiger partial charge in [-0.1, -0.05) is 30.3 Å². The van der Waals surface area contributed by atoms with Gasteiger partial charge < -0.3 is 10.6 Å². The molecule has 1 saturated heterocycles. The zero-order valence-electron chi connectivity index (χ0n) is 23.1. The Morgan fingerprint density at radius 2 is 1.75 bits per heavy atom. The number of anilines is 2. The molecule has 0 radical (unpaired) electrons. The summed E-state index contributed by atoms with van der Waals surface area (Å²) in [7, 11) is 0. The summed E-state index contributed by atoms with van der Waals surface area (Å²) in [6.45, 7) is 9.67. The predicted octanol–water partition coefficient (Wildman–Crippen LogP) is 7.02. The highest BCUT2D eigenvalue weighted by molar-refractivity contribution is 7.15. The number of nitrogens with one attached hydrogen (secondary N) is 2. The molecule has 5 heterocycles. The van der Waals surface area contributed by atoms with E-state index in [-0.39, 0.29) is 0 Å². The molecule has 2 aliphatic rings. The largest absolute Gasteiger partial charge is 0.338 e. The first kappa shape index (κ1) is 25.3. The Kier molecular flexibility index (Phi) is 6.79. The Bertz CT molecular complexity index is 1680. The van der Waals surface area contributed by atoms with Gasteiger partial charge in [0.25, 0.3) is 0 Å². The van der Waals surface area contributed by atoms with E-state index in [1.807, 2.05) is 23.7 Å². The van der Waals surface area contributed by atoms with Crippen molar-refractivity contribution in [3.8, 4) is 21.7 Å². The van der Waals surface area contributed by atoms with E-state index in [1.165, 1.54) is 69.9 Å².